The number of nitrogens with two attached hydrogens (primary N) is 1. The lowest BCUT2D eigenvalue weighted by Gasteiger charge is -2.41. The Morgan fingerprint density at radius 2 is 1.37 bits per heavy atom. The first-order valence-corrected chi connectivity index (χ1v) is 32.9. The summed E-state index contributed by atoms with van der Waals surface area (Å²) in [6.45, 7) is 4.69. The van der Waals surface area contributed by atoms with Gasteiger partial charge in [-0.05, 0) is 86.8 Å². The Hall–Kier alpha value is -7.50. The molecule has 1 saturated carbocycles. The normalized spacial score (nSPS) is 27.3. The van der Waals surface area contributed by atoms with Crippen LogP contribution in [0.25, 0.3) is 21.1 Å². The SMILES string of the molecule is C[C@@H](O)[C@@H]1NC(=O)C(NC(=O)c2ccc(-c3nnc(-c4ccc(N5CCN(C6CCCCC6)CC5)cc4)s3)cc2)C[C@@H](O)CNC(=O)C2[C@@H](O)[C@@H](C)CN2C(=O)C([C@H](O)CCN)NC(=O)[C@H]([C@H](O)Cc2ccc(O)c(OS(=O)(=O)O)c2)NC(=O)C2C[C@@H](O)CN2C1=O. The van der Waals surface area contributed by atoms with Crippen molar-refractivity contribution in [1.29, 1.82) is 0 Å². The van der Waals surface area contributed by atoms with E-state index in [-0.39, 0.29) is 30.6 Å². The van der Waals surface area contributed by atoms with Gasteiger partial charge in [-0.3, -0.25) is 43.0 Å². The van der Waals surface area contributed by atoms with Crippen LogP contribution >= 0.6 is 11.3 Å². The number of aromatic nitrogens is 2. The minimum atomic E-state index is -5.21. The fraction of sp³-hybridized carbons (Fsp3) is 0.550. The summed E-state index contributed by atoms with van der Waals surface area (Å²) in [5.41, 5.74) is 8.31. The van der Waals surface area contributed by atoms with Gasteiger partial charge in [0.1, 0.15) is 46.3 Å². The molecule has 1 aromatic heterocycles. The number of anilines is 1. The van der Waals surface area contributed by atoms with Crippen molar-refractivity contribution < 1.29 is 86.5 Å². The molecule has 4 saturated heterocycles. The number of phenolic OH excluding ortho intramolecular Hbond substituents is 1. The van der Waals surface area contributed by atoms with Crippen LogP contribution in [-0.4, -0.2) is 246 Å². The number of hydrogen-bond acceptors (Lipinski definition) is 23. The Morgan fingerprint density at radius 3 is 2.00 bits per heavy atom. The molecule has 5 fully saturated rings. The van der Waals surface area contributed by atoms with E-state index in [1.54, 1.807) is 12.1 Å². The Balaban J connectivity index is 0.960. The van der Waals surface area contributed by atoms with Crippen LogP contribution in [0.1, 0.15) is 81.1 Å². The van der Waals surface area contributed by atoms with E-state index >= 15 is 0 Å². The number of carbonyl (C=O) groups excluding carboxylic acids is 7. The number of amides is 7. The zero-order valence-corrected chi connectivity index (χ0v) is 52.3. The lowest BCUT2D eigenvalue weighted by Crippen LogP contribution is -2.64. The molecular formula is C60H80N12O18S2. The molecule has 5 heterocycles. The van der Waals surface area contributed by atoms with Gasteiger partial charge in [0, 0.05) is 99.4 Å². The molecule has 92 heavy (non-hydrogen) atoms. The smallest absolute Gasteiger partial charge is 0.446 e. The summed E-state index contributed by atoms with van der Waals surface area (Å²) < 4.78 is 36.9. The molecule has 0 bridgehead atoms. The third kappa shape index (κ3) is 16.6. The van der Waals surface area contributed by atoms with Gasteiger partial charge in [0.05, 0.1) is 36.6 Å². The predicted molar refractivity (Wildman–Crippen MR) is 330 cm³/mol. The number of nitrogens with zero attached hydrogens (tertiary/aromatic N) is 6. The quantitative estimate of drug-likeness (QED) is 0.0548. The van der Waals surface area contributed by atoms with Crippen LogP contribution in [0.15, 0.2) is 66.7 Å². The van der Waals surface area contributed by atoms with Crippen LogP contribution in [0.2, 0.25) is 0 Å². The Bertz CT molecular complexity index is 3410. The number of phenols is 1. The van der Waals surface area contributed by atoms with E-state index in [1.807, 2.05) is 12.1 Å². The topological polar surface area (TPSA) is 450 Å². The van der Waals surface area contributed by atoms with Gasteiger partial charge in [-0.25, -0.2) is 0 Å². The van der Waals surface area contributed by atoms with Crippen LogP contribution in [0.4, 0.5) is 5.69 Å². The Morgan fingerprint density at radius 1 is 0.750 bits per heavy atom. The molecule has 4 aliphatic heterocycles. The third-order valence-electron chi connectivity index (χ3n) is 17.6. The maximum atomic E-state index is 14.7. The highest BCUT2D eigenvalue weighted by Gasteiger charge is 2.50. The van der Waals surface area contributed by atoms with E-state index in [4.69, 9.17) is 5.73 Å². The second kappa shape index (κ2) is 30.1. The summed E-state index contributed by atoms with van der Waals surface area (Å²) in [5, 5.41) is 101. The second-order valence-corrected chi connectivity index (χ2v) is 26.2. The second-order valence-electron chi connectivity index (χ2n) is 24.2. The van der Waals surface area contributed by atoms with Gasteiger partial charge in [0.15, 0.2) is 11.5 Å². The molecule has 1 aliphatic carbocycles. The van der Waals surface area contributed by atoms with Gasteiger partial charge in [-0.1, -0.05) is 55.7 Å². The summed E-state index contributed by atoms with van der Waals surface area (Å²) in [4.78, 5) is 108. The van der Waals surface area contributed by atoms with E-state index in [1.165, 1.54) is 62.5 Å². The molecule has 3 aromatic carbocycles. The maximum Gasteiger partial charge on any atom is 0.446 e. The number of β-amino-alcohol motifs (C(OH)–C–C–N with tert-alkyl or cyclic N) is 1. The number of piperazine rings is 1. The predicted octanol–water partition coefficient (Wildman–Crippen LogP) is -2.49. The van der Waals surface area contributed by atoms with Gasteiger partial charge in [0.2, 0.25) is 35.4 Å². The molecule has 15 N–H and O–H groups in total. The van der Waals surface area contributed by atoms with E-state index in [0.717, 1.165) is 72.4 Å². The molecule has 9 rings (SSSR count). The largest absolute Gasteiger partial charge is 0.504 e. The van der Waals surface area contributed by atoms with Crippen molar-refractivity contribution in [2.75, 3.05) is 57.3 Å². The van der Waals surface area contributed by atoms with Gasteiger partial charge in [0.25, 0.3) is 5.91 Å². The molecule has 30 nitrogen and oxygen atoms in total. The number of fused-ring (bicyclic) bond motifs is 2. The van der Waals surface area contributed by atoms with Crippen molar-refractivity contribution >= 4 is 68.8 Å². The van der Waals surface area contributed by atoms with E-state index in [2.05, 4.69) is 62.9 Å². The third-order valence-corrected chi connectivity index (χ3v) is 19.0. The molecule has 32 heteroatoms. The maximum absolute atomic E-state index is 14.7. The minimum Gasteiger partial charge on any atom is -0.504 e. The zero-order valence-electron chi connectivity index (χ0n) is 50.7. The minimum absolute atomic E-state index is 0.0222. The first-order valence-electron chi connectivity index (χ1n) is 30.7. The lowest BCUT2D eigenvalue weighted by atomic mass is 9.94. The number of aliphatic hydroxyl groups excluding tert-OH is 6. The van der Waals surface area contributed by atoms with Gasteiger partial charge in [-0.2, -0.15) is 8.42 Å². The van der Waals surface area contributed by atoms with Gasteiger partial charge in [-0.15, -0.1) is 10.2 Å². The summed E-state index contributed by atoms with van der Waals surface area (Å²) in [7, 11) is -5.21. The monoisotopic (exact) mass is 1320 g/mol. The molecule has 7 amide bonds. The Kier molecular flexibility index (Phi) is 22.5. The molecule has 5 aliphatic rings. The standard InChI is InChI=1S/C60H80N12O18S2/c1-31-29-72-50(51(31)79)56(84)62-28-39(74)26-41(63-52(80)34-9-11-35(12-10-34)57-67-68-58(91-57)36-13-15-38(16-14-36)70-22-20-69(21-23-70)37-6-4-3-5-7-37)53(81)64-47(32(2)73)59(85)71-30-40(75)27-42(71)54(82)65-48(55(83)66-49(60(72)86)44(77)18-19-61)45(78)24-33-8-17-43(76)46(25-33)90-92(87,88)89/h8-17,25,31-32,37,39-42,44-45,47-51,73-79H,3-7,18-24,26-30,61H2,1-2H3,(H,62,84)(H,63,80)(H,64,81)(H,65,82)(H,66,83)(H,87,88,89)/t31-,32+,39+,40+,41?,42?,44+,45+,47-,48-,49?,50?,51-/m0/s1. The van der Waals surface area contributed by atoms with Crippen molar-refractivity contribution in [2.45, 2.75) is 151 Å². The summed E-state index contributed by atoms with van der Waals surface area (Å²) >= 11 is 1.34. The summed E-state index contributed by atoms with van der Waals surface area (Å²) in [5.74, 6) is -10.4. The first-order chi connectivity index (χ1) is 43.8. The number of benzene rings is 3. The van der Waals surface area contributed by atoms with Crippen LogP contribution in [0.5, 0.6) is 11.5 Å². The van der Waals surface area contributed by atoms with E-state index in [0.29, 0.717) is 21.6 Å². The van der Waals surface area contributed by atoms with Crippen LogP contribution in [-0.2, 0) is 45.6 Å². The highest BCUT2D eigenvalue weighted by molar-refractivity contribution is 7.81. The van der Waals surface area contributed by atoms with Crippen LogP contribution < -0.4 is 41.4 Å². The van der Waals surface area contributed by atoms with Crippen molar-refractivity contribution in [2.24, 2.45) is 11.7 Å². The average molecular weight is 1320 g/mol. The number of nitrogens with one attached hydrogen (secondary N) is 5. The van der Waals surface area contributed by atoms with Crippen molar-refractivity contribution in [3.63, 3.8) is 0 Å². The number of aliphatic hydroxyl groups is 6. The average Bonchev–Trinajstić information content (AvgIpc) is 1.62. The highest BCUT2D eigenvalue weighted by Crippen LogP contribution is 2.34. The van der Waals surface area contributed by atoms with Crippen LogP contribution in [0.3, 0.4) is 0 Å². The Labute approximate surface area is 534 Å². The first kappa shape index (κ1) is 68.9. The number of hydrogen-bond donors (Lipinski definition) is 14. The fourth-order valence-corrected chi connectivity index (χ4v) is 13.8. The number of rotatable bonds is 15. The lowest BCUT2D eigenvalue weighted by molar-refractivity contribution is -0.147. The van der Waals surface area contributed by atoms with Crippen LogP contribution in [0, 0.1) is 5.92 Å². The molecule has 500 valence electrons. The van der Waals surface area contributed by atoms with Crippen molar-refractivity contribution in [3.05, 3.63) is 77.9 Å². The van der Waals surface area contributed by atoms with Crippen molar-refractivity contribution in [3.8, 4) is 32.6 Å². The number of carbonyl (C=O) groups is 7. The highest BCUT2D eigenvalue weighted by atomic mass is 32.3. The van der Waals surface area contributed by atoms with E-state index in [9.17, 15) is 82.3 Å². The molecule has 4 unspecified atom stereocenters. The fourth-order valence-electron chi connectivity index (χ4n) is 12.5. The molecule has 0 spiro atoms. The zero-order chi connectivity index (χ0) is 66.3. The number of aromatic hydroxyl groups is 1. The molecule has 4 aromatic rings. The van der Waals surface area contributed by atoms with E-state index < -0.39 is 174 Å². The van der Waals surface area contributed by atoms with Crippen molar-refractivity contribution in [1.82, 2.24) is 51.5 Å². The van der Waals surface area contributed by atoms with Gasteiger partial charge < -0.3 is 86.9 Å². The van der Waals surface area contributed by atoms with Gasteiger partial charge >= 0.3 is 10.4 Å². The molecular weight excluding hydrogens is 1240 g/mol. The summed E-state index contributed by atoms with van der Waals surface area (Å²) in [6, 6.07) is 6.55. The summed E-state index contributed by atoms with van der Waals surface area (Å²) in [6.07, 6.45) is -6.25. The molecule has 13 atom stereocenters. The molecule has 0 radical (unpaired) electrons.